The Kier molecular flexibility index (Phi) is 6.02. The highest BCUT2D eigenvalue weighted by atomic mass is 127. The van der Waals surface area contributed by atoms with Gasteiger partial charge in [0.25, 0.3) is 11.8 Å². The summed E-state index contributed by atoms with van der Waals surface area (Å²) in [5.74, 6) is -0.463. The van der Waals surface area contributed by atoms with Gasteiger partial charge in [-0.2, -0.15) is 0 Å². The van der Waals surface area contributed by atoms with Crippen LogP contribution < -0.4 is 4.90 Å². The number of hydrogen-bond acceptors (Lipinski definition) is 3. The number of aromatic nitrogens is 1. The Labute approximate surface area is 178 Å². The van der Waals surface area contributed by atoms with Crippen LogP contribution in [0, 0.1) is 14.1 Å². The highest BCUT2D eigenvalue weighted by Gasteiger charge is 2.29. The lowest BCUT2D eigenvalue weighted by atomic mass is 10.1. The van der Waals surface area contributed by atoms with Crippen LogP contribution in [-0.2, 0) is 0 Å². The molecule has 0 bridgehead atoms. The van der Waals surface area contributed by atoms with Crippen LogP contribution in [-0.4, -0.2) is 16.8 Å². The minimum Gasteiger partial charge on any atom is -0.268 e. The number of rotatable bonds is 3. The zero-order chi connectivity index (χ0) is 18.7. The van der Waals surface area contributed by atoms with Crippen LogP contribution in [0.25, 0.3) is 0 Å². The van der Waals surface area contributed by atoms with Crippen molar-refractivity contribution in [3.63, 3.8) is 0 Å². The van der Waals surface area contributed by atoms with Crippen molar-refractivity contribution >= 4 is 62.8 Å². The molecule has 0 aliphatic rings. The van der Waals surface area contributed by atoms with E-state index in [0.29, 0.717) is 16.9 Å². The largest absolute Gasteiger partial charge is 0.268 e. The number of nitrogens with zero attached hydrogens (tertiary/aromatic N) is 2. The van der Waals surface area contributed by atoms with E-state index in [1.165, 1.54) is 0 Å². The van der Waals surface area contributed by atoms with Crippen LogP contribution in [0.1, 0.15) is 26.3 Å². The Morgan fingerprint density at radius 2 is 1.35 bits per heavy atom. The van der Waals surface area contributed by atoms with Gasteiger partial charge in [0.05, 0.1) is 11.1 Å². The molecule has 0 saturated carbocycles. The van der Waals surface area contributed by atoms with Crippen molar-refractivity contribution in [2.24, 2.45) is 0 Å². The molecule has 2 aromatic carbocycles. The van der Waals surface area contributed by atoms with Crippen molar-refractivity contribution in [1.29, 1.82) is 0 Å². The number of benzene rings is 2. The standard InChI is InChI=1S/C20H14I2N2O2/c1-13-10-11-23-18(12-13)24(19(25)14-6-2-4-8-16(14)21)20(26)15-7-3-5-9-17(15)22/h2-12H,1H3. The van der Waals surface area contributed by atoms with Gasteiger partial charge in [0.2, 0.25) is 0 Å². The van der Waals surface area contributed by atoms with E-state index in [0.717, 1.165) is 17.6 Å². The molecule has 0 aliphatic carbocycles. The van der Waals surface area contributed by atoms with Gasteiger partial charge in [0, 0.05) is 13.3 Å². The predicted molar refractivity (Wildman–Crippen MR) is 118 cm³/mol. The third-order valence-corrected chi connectivity index (χ3v) is 5.63. The maximum absolute atomic E-state index is 13.3. The number of halogens is 2. The number of anilines is 1. The molecule has 0 atom stereocenters. The molecule has 6 heteroatoms. The smallest absolute Gasteiger partial charge is 0.267 e. The Bertz CT molecular complexity index is 931. The maximum Gasteiger partial charge on any atom is 0.267 e. The number of aryl methyl sites for hydroxylation is 1. The van der Waals surface area contributed by atoms with Crippen molar-refractivity contribution in [2.75, 3.05) is 4.90 Å². The third kappa shape index (κ3) is 3.96. The molecular formula is C20H14I2N2O2. The van der Waals surface area contributed by atoms with Crippen molar-refractivity contribution in [2.45, 2.75) is 6.92 Å². The number of hydrogen-bond donors (Lipinski definition) is 0. The molecule has 130 valence electrons. The van der Waals surface area contributed by atoms with E-state index >= 15 is 0 Å². The van der Waals surface area contributed by atoms with E-state index in [-0.39, 0.29) is 0 Å². The number of carbonyl (C=O) groups excluding carboxylic acids is 2. The van der Waals surface area contributed by atoms with Gasteiger partial charge >= 0.3 is 0 Å². The van der Waals surface area contributed by atoms with Crippen molar-refractivity contribution < 1.29 is 9.59 Å². The van der Waals surface area contributed by atoms with Crippen LogP contribution in [0.3, 0.4) is 0 Å². The molecule has 0 N–H and O–H groups in total. The van der Waals surface area contributed by atoms with Gasteiger partial charge in [-0.25, -0.2) is 9.88 Å². The molecular weight excluding hydrogens is 554 g/mol. The van der Waals surface area contributed by atoms with E-state index in [9.17, 15) is 9.59 Å². The maximum atomic E-state index is 13.3. The minimum absolute atomic E-state index is 0.319. The number of amides is 2. The molecule has 26 heavy (non-hydrogen) atoms. The Balaban J connectivity index is 2.14. The normalized spacial score (nSPS) is 10.4. The summed E-state index contributed by atoms with van der Waals surface area (Å²) < 4.78 is 1.56. The lowest BCUT2D eigenvalue weighted by Crippen LogP contribution is -2.38. The van der Waals surface area contributed by atoms with Gasteiger partial charge in [0.1, 0.15) is 5.82 Å². The second-order valence-electron chi connectivity index (χ2n) is 5.60. The van der Waals surface area contributed by atoms with Crippen molar-refractivity contribution in [1.82, 2.24) is 4.98 Å². The lowest BCUT2D eigenvalue weighted by Gasteiger charge is -2.21. The summed E-state index contributed by atoms with van der Waals surface area (Å²) in [5.41, 5.74) is 1.86. The van der Waals surface area contributed by atoms with E-state index in [2.05, 4.69) is 50.2 Å². The van der Waals surface area contributed by atoms with Gasteiger partial charge in [0.15, 0.2) is 0 Å². The highest BCUT2D eigenvalue weighted by Crippen LogP contribution is 2.23. The average molecular weight is 568 g/mol. The molecule has 3 rings (SSSR count). The zero-order valence-electron chi connectivity index (χ0n) is 13.8. The number of imide groups is 1. The fourth-order valence-electron chi connectivity index (χ4n) is 2.45. The summed E-state index contributed by atoms with van der Waals surface area (Å²) in [5, 5.41) is 0. The zero-order valence-corrected chi connectivity index (χ0v) is 18.1. The highest BCUT2D eigenvalue weighted by molar-refractivity contribution is 14.1. The number of pyridine rings is 1. The molecule has 1 aromatic heterocycles. The Morgan fingerprint density at radius 1 is 0.846 bits per heavy atom. The molecule has 0 spiro atoms. The van der Waals surface area contributed by atoms with Crippen molar-refractivity contribution in [3.05, 3.63) is 90.7 Å². The average Bonchev–Trinajstić information content (AvgIpc) is 2.62. The summed E-state index contributed by atoms with van der Waals surface area (Å²) in [6.07, 6.45) is 1.60. The fraction of sp³-hybridized carbons (Fsp3) is 0.0500. The topological polar surface area (TPSA) is 50.3 Å². The summed E-state index contributed by atoms with van der Waals surface area (Å²) in [6.45, 7) is 1.90. The molecule has 2 amide bonds. The Hall–Kier alpha value is -1.81. The van der Waals surface area contributed by atoms with Crippen LogP contribution >= 0.6 is 45.2 Å². The molecule has 0 unspecified atom stereocenters. The van der Waals surface area contributed by atoms with E-state index in [1.54, 1.807) is 36.5 Å². The quantitative estimate of drug-likeness (QED) is 0.327. The second-order valence-corrected chi connectivity index (χ2v) is 7.92. The van der Waals surface area contributed by atoms with Gasteiger partial charge in [-0.3, -0.25) is 9.59 Å². The molecule has 1 heterocycles. The van der Waals surface area contributed by atoms with Crippen LogP contribution in [0.5, 0.6) is 0 Å². The second kappa shape index (κ2) is 8.26. The van der Waals surface area contributed by atoms with E-state index < -0.39 is 11.8 Å². The SMILES string of the molecule is Cc1ccnc(N(C(=O)c2ccccc2I)C(=O)c2ccccc2I)c1. The van der Waals surface area contributed by atoms with Gasteiger partial charge in [-0.15, -0.1) is 0 Å². The first-order chi connectivity index (χ1) is 12.5. The molecule has 0 saturated heterocycles. The molecule has 4 nitrogen and oxygen atoms in total. The summed E-state index contributed by atoms with van der Waals surface area (Å²) in [7, 11) is 0. The Morgan fingerprint density at radius 3 is 1.81 bits per heavy atom. The molecule has 0 aliphatic heterocycles. The first-order valence-corrected chi connectivity index (χ1v) is 9.95. The van der Waals surface area contributed by atoms with Crippen LogP contribution in [0.4, 0.5) is 5.82 Å². The van der Waals surface area contributed by atoms with Crippen LogP contribution in [0.2, 0.25) is 0 Å². The summed E-state index contributed by atoms with van der Waals surface area (Å²) in [4.78, 5) is 31.9. The first-order valence-electron chi connectivity index (χ1n) is 7.79. The summed E-state index contributed by atoms with van der Waals surface area (Å²) >= 11 is 4.20. The van der Waals surface area contributed by atoms with Gasteiger partial charge in [-0.1, -0.05) is 24.3 Å². The minimum atomic E-state index is -0.391. The number of carbonyl (C=O) groups is 2. The van der Waals surface area contributed by atoms with Gasteiger partial charge < -0.3 is 0 Å². The first kappa shape index (κ1) is 19.0. The monoisotopic (exact) mass is 568 g/mol. The molecule has 3 aromatic rings. The van der Waals surface area contributed by atoms with Crippen LogP contribution in [0.15, 0.2) is 66.9 Å². The third-order valence-electron chi connectivity index (χ3n) is 3.74. The predicted octanol–water partition coefficient (Wildman–Crippen LogP) is 5.09. The van der Waals surface area contributed by atoms with Crippen molar-refractivity contribution in [3.8, 4) is 0 Å². The summed E-state index contributed by atoms with van der Waals surface area (Å²) in [6, 6.07) is 18.0. The lowest BCUT2D eigenvalue weighted by molar-refractivity contribution is 0.0895. The fourth-order valence-corrected chi connectivity index (χ4v) is 3.69. The van der Waals surface area contributed by atoms with E-state index in [1.807, 2.05) is 37.3 Å². The molecule has 0 fully saturated rings. The van der Waals surface area contributed by atoms with Gasteiger partial charge in [-0.05, 0) is 94.1 Å². The van der Waals surface area contributed by atoms with E-state index in [4.69, 9.17) is 0 Å². The molecule has 0 radical (unpaired) electrons.